The van der Waals surface area contributed by atoms with E-state index in [-0.39, 0.29) is 27.7 Å². The van der Waals surface area contributed by atoms with Crippen LogP contribution in [0.2, 0.25) is 0 Å². The lowest BCUT2D eigenvalue weighted by Gasteiger charge is -2.18. The Morgan fingerprint density at radius 1 is 1.28 bits per heavy atom. The van der Waals surface area contributed by atoms with Crippen molar-refractivity contribution in [2.75, 3.05) is 4.90 Å². The number of benzene rings is 1. The van der Waals surface area contributed by atoms with Crippen LogP contribution in [0.3, 0.4) is 0 Å². The van der Waals surface area contributed by atoms with E-state index in [1.165, 1.54) is 17.2 Å². The van der Waals surface area contributed by atoms with E-state index >= 15 is 0 Å². The number of rotatable bonds is 5. The van der Waals surface area contributed by atoms with Gasteiger partial charge in [-0.3, -0.25) is 24.8 Å². The number of nitro groups is 1. The first kappa shape index (κ1) is 18.6. The number of carbonyl (C=O) groups excluding carboxylic acids is 1. The molecule has 0 N–H and O–H groups in total. The summed E-state index contributed by atoms with van der Waals surface area (Å²) in [5.41, 5.74) is 0.550. The van der Waals surface area contributed by atoms with E-state index in [2.05, 4.69) is 9.97 Å². The van der Waals surface area contributed by atoms with Crippen molar-refractivity contribution in [1.29, 1.82) is 0 Å². The lowest BCUT2D eigenvalue weighted by atomic mass is 10.2. The summed E-state index contributed by atoms with van der Waals surface area (Å²) in [6.07, 6.45) is 3.08. The van der Waals surface area contributed by atoms with Gasteiger partial charge in [0.2, 0.25) is 0 Å². The zero-order chi connectivity index (χ0) is 20.5. The highest BCUT2D eigenvalue weighted by molar-refractivity contribution is 7.22. The molecule has 1 amide bonds. The number of amides is 1. The standard InChI is InChI=1S/C18H10F2N4O4S/c19-11-6-12(20)16-14(7-11)29-18(22-16)23(9-10-2-1-5-21-8-10)17(25)13-3-4-15(28-13)24(26)27/h1-8H,9H2. The molecule has 4 aromatic rings. The SMILES string of the molecule is O=C(c1ccc([N+](=O)[O-])o1)N(Cc1cccnc1)c1nc2c(F)cc(F)cc2s1. The third kappa shape index (κ3) is 3.67. The first-order chi connectivity index (χ1) is 13.9. The van der Waals surface area contributed by atoms with E-state index in [0.717, 1.165) is 23.5 Å². The Labute approximate surface area is 165 Å². The van der Waals surface area contributed by atoms with Crippen molar-refractivity contribution < 1.29 is 22.9 Å². The molecule has 0 bridgehead atoms. The van der Waals surface area contributed by atoms with E-state index in [1.807, 2.05) is 0 Å². The number of hydrogen-bond acceptors (Lipinski definition) is 7. The number of anilines is 1. The number of hydrogen-bond donors (Lipinski definition) is 0. The molecule has 3 aromatic heterocycles. The number of aromatic nitrogens is 2. The van der Waals surface area contributed by atoms with E-state index in [9.17, 15) is 23.7 Å². The highest BCUT2D eigenvalue weighted by Crippen LogP contribution is 2.33. The van der Waals surface area contributed by atoms with Crippen molar-refractivity contribution in [3.05, 3.63) is 81.9 Å². The minimum Gasteiger partial charge on any atom is -0.395 e. The first-order valence-corrected chi connectivity index (χ1v) is 8.94. The molecule has 8 nitrogen and oxygen atoms in total. The van der Waals surface area contributed by atoms with Crippen LogP contribution in [0.15, 0.2) is 53.2 Å². The molecular weight excluding hydrogens is 406 g/mol. The van der Waals surface area contributed by atoms with Crippen molar-refractivity contribution in [2.45, 2.75) is 6.54 Å². The van der Waals surface area contributed by atoms with Gasteiger partial charge in [0.25, 0.3) is 5.91 Å². The molecule has 4 rings (SSSR count). The Morgan fingerprint density at radius 3 is 2.79 bits per heavy atom. The number of fused-ring (bicyclic) bond motifs is 1. The molecule has 0 unspecified atom stereocenters. The lowest BCUT2D eigenvalue weighted by Crippen LogP contribution is -2.30. The molecule has 29 heavy (non-hydrogen) atoms. The van der Waals surface area contributed by atoms with Gasteiger partial charge in [-0.2, -0.15) is 0 Å². The molecule has 0 aliphatic rings. The summed E-state index contributed by atoms with van der Waals surface area (Å²) in [5.74, 6) is -3.22. The molecule has 146 valence electrons. The van der Waals surface area contributed by atoms with Crippen molar-refractivity contribution in [2.24, 2.45) is 0 Å². The largest absolute Gasteiger partial charge is 0.433 e. The minimum absolute atomic E-state index is 0.00884. The molecule has 0 atom stereocenters. The zero-order valence-corrected chi connectivity index (χ0v) is 15.2. The highest BCUT2D eigenvalue weighted by atomic mass is 32.1. The van der Waals surface area contributed by atoms with Crippen LogP contribution in [0, 0.1) is 21.7 Å². The van der Waals surface area contributed by atoms with Crippen LogP contribution < -0.4 is 4.90 Å². The van der Waals surface area contributed by atoms with E-state index in [1.54, 1.807) is 18.3 Å². The average molecular weight is 416 g/mol. The molecule has 0 aliphatic heterocycles. The third-order valence-electron chi connectivity index (χ3n) is 3.92. The summed E-state index contributed by atoms with van der Waals surface area (Å²) >= 11 is 0.907. The smallest absolute Gasteiger partial charge is 0.395 e. The Bertz CT molecular complexity index is 1230. The number of halogens is 2. The van der Waals surface area contributed by atoms with Gasteiger partial charge < -0.3 is 4.42 Å². The fourth-order valence-electron chi connectivity index (χ4n) is 2.64. The molecular formula is C18H10F2N4O4S. The van der Waals surface area contributed by atoms with Crippen molar-refractivity contribution in [3.63, 3.8) is 0 Å². The van der Waals surface area contributed by atoms with Crippen LogP contribution in [0.1, 0.15) is 16.1 Å². The van der Waals surface area contributed by atoms with Gasteiger partial charge in [0.1, 0.15) is 16.3 Å². The molecule has 3 heterocycles. The van der Waals surface area contributed by atoms with Crippen LogP contribution >= 0.6 is 11.3 Å². The second-order valence-corrected chi connectivity index (χ2v) is 6.89. The quantitative estimate of drug-likeness (QED) is 0.355. The monoisotopic (exact) mass is 416 g/mol. The van der Waals surface area contributed by atoms with Crippen LogP contribution in [-0.2, 0) is 6.54 Å². The second-order valence-electron chi connectivity index (χ2n) is 5.88. The number of nitrogens with zero attached hydrogens (tertiary/aromatic N) is 4. The van der Waals surface area contributed by atoms with Gasteiger partial charge >= 0.3 is 5.88 Å². The Hall–Kier alpha value is -3.73. The zero-order valence-electron chi connectivity index (χ0n) is 14.4. The van der Waals surface area contributed by atoms with E-state index in [0.29, 0.717) is 11.6 Å². The number of thiazole rings is 1. The van der Waals surface area contributed by atoms with Gasteiger partial charge in [0.05, 0.1) is 17.3 Å². The van der Waals surface area contributed by atoms with Crippen LogP contribution in [-0.4, -0.2) is 20.8 Å². The third-order valence-corrected chi connectivity index (χ3v) is 4.95. The van der Waals surface area contributed by atoms with Crippen molar-refractivity contribution in [1.82, 2.24) is 9.97 Å². The number of carbonyl (C=O) groups is 1. The maximum absolute atomic E-state index is 14.1. The summed E-state index contributed by atoms with van der Waals surface area (Å²) in [6, 6.07) is 7.43. The summed E-state index contributed by atoms with van der Waals surface area (Å²) in [7, 11) is 0. The maximum Gasteiger partial charge on any atom is 0.433 e. The Balaban J connectivity index is 1.78. The van der Waals surface area contributed by atoms with Crippen LogP contribution in [0.25, 0.3) is 10.2 Å². The molecule has 0 saturated heterocycles. The normalized spacial score (nSPS) is 11.0. The maximum atomic E-state index is 14.1. The van der Waals surface area contributed by atoms with Gasteiger partial charge in [-0.1, -0.05) is 17.4 Å². The van der Waals surface area contributed by atoms with E-state index in [4.69, 9.17) is 4.42 Å². The highest BCUT2D eigenvalue weighted by Gasteiger charge is 2.27. The molecule has 0 aliphatic carbocycles. The molecule has 0 radical (unpaired) electrons. The first-order valence-electron chi connectivity index (χ1n) is 8.13. The predicted octanol–water partition coefficient (Wildman–Crippen LogP) is 4.32. The topological polar surface area (TPSA) is 102 Å². The number of pyridine rings is 1. The number of furan rings is 1. The molecule has 11 heteroatoms. The van der Waals surface area contributed by atoms with Crippen molar-refractivity contribution >= 4 is 38.5 Å². The second kappa shape index (κ2) is 7.36. The summed E-state index contributed by atoms with van der Waals surface area (Å²) < 4.78 is 32.8. The van der Waals surface area contributed by atoms with Crippen LogP contribution in [0.5, 0.6) is 0 Å². The van der Waals surface area contributed by atoms with Gasteiger partial charge in [-0.25, -0.2) is 13.8 Å². The summed E-state index contributed by atoms with van der Waals surface area (Å²) in [5, 5.41) is 10.9. The fraction of sp³-hybridized carbons (Fsp3) is 0.0556. The van der Waals surface area contributed by atoms with Gasteiger partial charge in [-0.15, -0.1) is 0 Å². The van der Waals surface area contributed by atoms with Gasteiger partial charge in [0.15, 0.2) is 16.7 Å². The molecule has 0 spiro atoms. The summed E-state index contributed by atoms with van der Waals surface area (Å²) in [4.78, 5) is 32.4. The van der Waals surface area contributed by atoms with E-state index < -0.39 is 28.3 Å². The minimum atomic E-state index is -0.857. The van der Waals surface area contributed by atoms with Crippen LogP contribution in [0.4, 0.5) is 19.8 Å². The Morgan fingerprint density at radius 2 is 2.10 bits per heavy atom. The summed E-state index contributed by atoms with van der Waals surface area (Å²) in [6.45, 7) is -0.00884. The molecule has 0 saturated carbocycles. The average Bonchev–Trinajstić information content (AvgIpc) is 3.34. The van der Waals surface area contributed by atoms with Gasteiger partial charge in [-0.05, 0) is 23.8 Å². The molecule has 0 fully saturated rings. The molecule has 1 aromatic carbocycles. The Kier molecular flexibility index (Phi) is 4.72. The van der Waals surface area contributed by atoms with Gasteiger partial charge in [0, 0.05) is 18.5 Å². The lowest BCUT2D eigenvalue weighted by molar-refractivity contribution is -0.402. The van der Waals surface area contributed by atoms with Crippen molar-refractivity contribution in [3.8, 4) is 0 Å². The predicted molar refractivity (Wildman–Crippen MR) is 99.6 cm³/mol. The fourth-order valence-corrected chi connectivity index (χ4v) is 3.64.